The van der Waals surface area contributed by atoms with Gasteiger partial charge >= 0.3 is 6.16 Å². The lowest BCUT2D eigenvalue weighted by Crippen LogP contribution is -2.30. The van der Waals surface area contributed by atoms with E-state index in [4.69, 9.17) is 9.47 Å². The highest BCUT2D eigenvalue weighted by atomic mass is 19.0. The molecule has 0 rings (SSSR count). The van der Waals surface area contributed by atoms with Crippen LogP contribution in [0, 0.1) is 0 Å². The Labute approximate surface area is 78.8 Å². The number of carbonyl (C=O) groups excluding carboxylic acids is 1. The average molecular weight is 194 g/mol. The Balaban J connectivity index is 0. The summed E-state index contributed by atoms with van der Waals surface area (Å²) in [4.78, 5) is 11.0. The molecule has 0 saturated heterocycles. The second kappa shape index (κ2) is 4.44. The second-order valence-electron chi connectivity index (χ2n) is 4.68. The first-order chi connectivity index (χ1) is 5.10. The monoisotopic (exact) mass is 194 g/mol. The molecule has 0 heterocycles. The van der Waals surface area contributed by atoms with Crippen LogP contribution in [0.5, 0.6) is 0 Å². The van der Waals surface area contributed by atoms with Crippen LogP contribution < -0.4 is 0 Å². The molecule has 0 fully saturated rings. The lowest BCUT2D eigenvalue weighted by Gasteiger charge is -2.24. The van der Waals surface area contributed by atoms with Gasteiger partial charge in [0.25, 0.3) is 0 Å². The van der Waals surface area contributed by atoms with Crippen LogP contribution in [-0.4, -0.2) is 17.4 Å². The SMILES string of the molecule is CC(C)(C)OC(=O)OC(C)(C)C.F. The van der Waals surface area contributed by atoms with E-state index in [9.17, 15) is 4.79 Å². The largest absolute Gasteiger partial charge is 0.509 e. The molecule has 0 aromatic heterocycles. The zero-order valence-electron chi connectivity index (χ0n) is 9.13. The lowest BCUT2D eigenvalue weighted by molar-refractivity contribution is -0.0468. The van der Waals surface area contributed by atoms with Crippen LogP contribution in [-0.2, 0) is 9.47 Å². The Morgan fingerprint density at radius 1 is 0.846 bits per heavy atom. The minimum Gasteiger partial charge on any atom is -0.429 e. The quantitative estimate of drug-likeness (QED) is 0.556. The molecule has 0 unspecified atom stereocenters. The van der Waals surface area contributed by atoms with Gasteiger partial charge in [-0.15, -0.1) is 0 Å². The summed E-state index contributed by atoms with van der Waals surface area (Å²) in [7, 11) is 0. The maximum atomic E-state index is 11.0. The van der Waals surface area contributed by atoms with Gasteiger partial charge in [-0.2, -0.15) is 0 Å². The van der Waals surface area contributed by atoms with Crippen LogP contribution in [0.25, 0.3) is 0 Å². The predicted octanol–water partition coefficient (Wildman–Crippen LogP) is 2.89. The van der Waals surface area contributed by atoms with Crippen molar-refractivity contribution < 1.29 is 19.0 Å². The van der Waals surface area contributed by atoms with Gasteiger partial charge in [0.2, 0.25) is 0 Å². The highest BCUT2D eigenvalue weighted by Crippen LogP contribution is 2.13. The molecule has 0 aliphatic carbocycles. The Kier molecular flexibility index (Phi) is 5.02. The van der Waals surface area contributed by atoms with Gasteiger partial charge in [-0.3, -0.25) is 4.70 Å². The fourth-order valence-electron chi connectivity index (χ4n) is 0.521. The normalized spacial score (nSPS) is 11.5. The first-order valence-electron chi connectivity index (χ1n) is 4.02. The lowest BCUT2D eigenvalue weighted by atomic mass is 10.2. The maximum Gasteiger partial charge on any atom is 0.509 e. The number of halogens is 1. The van der Waals surface area contributed by atoms with Crippen LogP contribution >= 0.6 is 0 Å². The Hall–Kier alpha value is -0.800. The molecule has 0 aliphatic heterocycles. The molecule has 0 saturated carbocycles. The molecule has 0 N–H and O–H groups in total. The molecule has 0 spiro atoms. The van der Waals surface area contributed by atoms with E-state index in [1.54, 1.807) is 41.5 Å². The molecule has 0 bridgehead atoms. The summed E-state index contributed by atoms with van der Waals surface area (Å²) in [5.74, 6) is 0. The maximum absolute atomic E-state index is 11.0. The van der Waals surface area contributed by atoms with Gasteiger partial charge in [0, 0.05) is 0 Å². The molecular weight excluding hydrogens is 175 g/mol. The molecule has 0 atom stereocenters. The van der Waals surface area contributed by atoms with E-state index < -0.39 is 17.4 Å². The van der Waals surface area contributed by atoms with Gasteiger partial charge in [0.15, 0.2) is 0 Å². The van der Waals surface area contributed by atoms with Crippen molar-refractivity contribution in [2.75, 3.05) is 0 Å². The predicted molar refractivity (Wildman–Crippen MR) is 49.6 cm³/mol. The van der Waals surface area contributed by atoms with Crippen LogP contribution in [0.4, 0.5) is 9.50 Å². The van der Waals surface area contributed by atoms with Crippen molar-refractivity contribution >= 4 is 6.16 Å². The highest BCUT2D eigenvalue weighted by molar-refractivity contribution is 5.61. The second-order valence-corrected chi connectivity index (χ2v) is 4.68. The number of rotatable bonds is 0. The summed E-state index contributed by atoms with van der Waals surface area (Å²) in [6.45, 7) is 10.8. The van der Waals surface area contributed by atoms with E-state index in [0.29, 0.717) is 0 Å². The number of ether oxygens (including phenoxy) is 2. The Morgan fingerprint density at radius 2 is 1.08 bits per heavy atom. The Morgan fingerprint density at radius 3 is 1.23 bits per heavy atom. The molecule has 0 amide bonds. The summed E-state index contributed by atoms with van der Waals surface area (Å²) < 4.78 is 9.91. The fraction of sp³-hybridized carbons (Fsp3) is 0.889. The molecule has 3 nitrogen and oxygen atoms in total. The molecule has 0 aromatic rings. The average Bonchev–Trinajstić information content (AvgIpc) is 1.49. The Bertz CT molecular complexity index is 147. The van der Waals surface area contributed by atoms with Crippen LogP contribution in [0.15, 0.2) is 0 Å². The topological polar surface area (TPSA) is 35.5 Å². The van der Waals surface area contributed by atoms with Crippen molar-refractivity contribution in [3.63, 3.8) is 0 Å². The van der Waals surface area contributed by atoms with Gasteiger partial charge in [-0.1, -0.05) is 0 Å². The standard InChI is InChI=1S/C9H18O3.FH/c1-8(2,3)11-7(10)12-9(4,5)6;/h1-6H3;1H. The van der Waals surface area contributed by atoms with Crippen molar-refractivity contribution in [3.05, 3.63) is 0 Å². The zero-order valence-corrected chi connectivity index (χ0v) is 9.13. The number of carbonyl (C=O) groups is 1. The van der Waals surface area contributed by atoms with E-state index in [0.717, 1.165) is 0 Å². The molecule has 0 radical (unpaired) electrons. The van der Waals surface area contributed by atoms with E-state index in [2.05, 4.69) is 0 Å². The van der Waals surface area contributed by atoms with Crippen LogP contribution in [0.3, 0.4) is 0 Å². The van der Waals surface area contributed by atoms with Crippen LogP contribution in [0.1, 0.15) is 41.5 Å². The van der Waals surface area contributed by atoms with E-state index in [-0.39, 0.29) is 4.70 Å². The summed E-state index contributed by atoms with van der Waals surface area (Å²) in [5, 5.41) is 0. The minimum absolute atomic E-state index is 0. The van der Waals surface area contributed by atoms with Gasteiger partial charge in [-0.25, -0.2) is 4.79 Å². The summed E-state index contributed by atoms with van der Waals surface area (Å²) in [6.07, 6.45) is -0.616. The van der Waals surface area contributed by atoms with Gasteiger partial charge in [-0.05, 0) is 41.5 Å². The smallest absolute Gasteiger partial charge is 0.429 e. The van der Waals surface area contributed by atoms with Crippen LogP contribution in [0.2, 0.25) is 0 Å². The molecule has 0 aromatic carbocycles. The van der Waals surface area contributed by atoms with Gasteiger partial charge in [0.05, 0.1) is 0 Å². The van der Waals surface area contributed by atoms with Crippen molar-refractivity contribution in [3.8, 4) is 0 Å². The highest BCUT2D eigenvalue weighted by Gasteiger charge is 2.22. The van der Waals surface area contributed by atoms with E-state index in [1.165, 1.54) is 0 Å². The molecule has 4 heteroatoms. The first kappa shape index (κ1) is 14.7. The van der Waals surface area contributed by atoms with Crippen molar-refractivity contribution in [2.45, 2.75) is 52.7 Å². The fourth-order valence-corrected chi connectivity index (χ4v) is 0.521. The number of hydrogen-bond donors (Lipinski definition) is 0. The summed E-state index contributed by atoms with van der Waals surface area (Å²) >= 11 is 0. The summed E-state index contributed by atoms with van der Waals surface area (Å²) in [5.41, 5.74) is -0.968. The minimum atomic E-state index is -0.616. The van der Waals surface area contributed by atoms with Crippen molar-refractivity contribution in [1.29, 1.82) is 0 Å². The zero-order chi connectivity index (χ0) is 9.99. The third kappa shape index (κ3) is 11.2. The van der Waals surface area contributed by atoms with Crippen molar-refractivity contribution in [2.24, 2.45) is 0 Å². The molecule has 0 aliphatic rings. The van der Waals surface area contributed by atoms with E-state index >= 15 is 0 Å². The van der Waals surface area contributed by atoms with E-state index in [1.807, 2.05) is 0 Å². The molecular formula is C9H19FO3. The number of hydrogen-bond acceptors (Lipinski definition) is 3. The first-order valence-corrected chi connectivity index (χ1v) is 4.02. The molecule has 13 heavy (non-hydrogen) atoms. The van der Waals surface area contributed by atoms with Crippen molar-refractivity contribution in [1.82, 2.24) is 0 Å². The third-order valence-corrected chi connectivity index (χ3v) is 0.779. The third-order valence-electron chi connectivity index (χ3n) is 0.779. The summed E-state index contributed by atoms with van der Waals surface area (Å²) in [6, 6.07) is 0. The molecule has 80 valence electrons. The van der Waals surface area contributed by atoms with Gasteiger partial charge < -0.3 is 9.47 Å². The van der Waals surface area contributed by atoms with Gasteiger partial charge in [0.1, 0.15) is 11.2 Å².